The van der Waals surface area contributed by atoms with E-state index in [4.69, 9.17) is 4.74 Å². The van der Waals surface area contributed by atoms with Crippen molar-refractivity contribution < 1.29 is 14.3 Å². The van der Waals surface area contributed by atoms with E-state index in [-0.39, 0.29) is 17.9 Å². The number of piperazine rings is 1. The number of rotatable bonds is 6. The molecule has 2 heterocycles. The Hall–Kier alpha value is -1.95. The van der Waals surface area contributed by atoms with Crippen LogP contribution in [0.25, 0.3) is 0 Å². The molecule has 2 amide bonds. The van der Waals surface area contributed by atoms with Crippen LogP contribution < -0.4 is 0 Å². The van der Waals surface area contributed by atoms with Gasteiger partial charge in [-0.2, -0.15) is 0 Å². The molecule has 1 aliphatic heterocycles. The van der Waals surface area contributed by atoms with Crippen molar-refractivity contribution in [2.45, 2.75) is 32.3 Å². The number of amides is 2. The van der Waals surface area contributed by atoms with Gasteiger partial charge >= 0.3 is 0 Å². The second-order valence-electron chi connectivity index (χ2n) is 6.62. The molecule has 0 aromatic carbocycles. The first-order valence-electron chi connectivity index (χ1n) is 8.71. The summed E-state index contributed by atoms with van der Waals surface area (Å²) < 4.78 is 5.65. The Labute approximate surface area is 142 Å². The molecule has 1 saturated heterocycles. The maximum Gasteiger partial charge on any atom is 0.251 e. The van der Waals surface area contributed by atoms with Crippen LogP contribution in [0.5, 0.6) is 0 Å². The van der Waals surface area contributed by atoms with Crippen molar-refractivity contribution in [2.24, 2.45) is 5.92 Å². The van der Waals surface area contributed by atoms with Crippen LogP contribution in [0.15, 0.2) is 24.4 Å². The third-order valence-corrected chi connectivity index (χ3v) is 4.63. The van der Waals surface area contributed by atoms with Gasteiger partial charge in [0.2, 0.25) is 5.91 Å². The van der Waals surface area contributed by atoms with Gasteiger partial charge in [-0.1, -0.05) is 6.07 Å². The lowest BCUT2D eigenvalue weighted by Crippen LogP contribution is -2.53. The Balaban J connectivity index is 1.42. The summed E-state index contributed by atoms with van der Waals surface area (Å²) in [7, 11) is 0. The van der Waals surface area contributed by atoms with E-state index in [2.05, 4.69) is 4.98 Å². The minimum Gasteiger partial charge on any atom is -0.368 e. The first-order valence-corrected chi connectivity index (χ1v) is 8.71. The monoisotopic (exact) mass is 331 g/mol. The van der Waals surface area contributed by atoms with Crippen LogP contribution in [0.1, 0.15) is 25.5 Å². The minimum atomic E-state index is -0.388. The summed E-state index contributed by atoms with van der Waals surface area (Å²) in [4.78, 5) is 32.5. The smallest absolute Gasteiger partial charge is 0.251 e. The third-order valence-electron chi connectivity index (χ3n) is 4.63. The number of carbonyl (C=O) groups excluding carboxylic acids is 2. The summed E-state index contributed by atoms with van der Waals surface area (Å²) in [5, 5.41) is 0. The lowest BCUT2D eigenvalue weighted by molar-refractivity contribution is -0.147. The Morgan fingerprint density at radius 3 is 2.54 bits per heavy atom. The molecule has 1 aliphatic carbocycles. The Kier molecular flexibility index (Phi) is 5.45. The molecular formula is C18H25N3O3. The summed E-state index contributed by atoms with van der Waals surface area (Å²) in [6.45, 7) is 4.81. The highest BCUT2D eigenvalue weighted by atomic mass is 16.5. The average Bonchev–Trinajstić information content (AvgIpc) is 3.44. The van der Waals surface area contributed by atoms with Crippen LogP contribution in [0, 0.1) is 5.92 Å². The molecule has 1 aromatic heterocycles. The lowest BCUT2D eigenvalue weighted by Gasteiger charge is -2.36. The molecule has 1 aromatic rings. The lowest BCUT2D eigenvalue weighted by atomic mass is 10.2. The van der Waals surface area contributed by atoms with Gasteiger partial charge in [0.1, 0.15) is 6.10 Å². The fourth-order valence-electron chi connectivity index (χ4n) is 2.84. The fourth-order valence-corrected chi connectivity index (χ4v) is 2.84. The molecule has 6 nitrogen and oxygen atoms in total. The van der Waals surface area contributed by atoms with Gasteiger partial charge in [-0.05, 0) is 37.8 Å². The summed E-state index contributed by atoms with van der Waals surface area (Å²) >= 11 is 0. The van der Waals surface area contributed by atoms with E-state index >= 15 is 0 Å². The quantitative estimate of drug-likeness (QED) is 0.783. The first-order chi connectivity index (χ1) is 11.6. The van der Waals surface area contributed by atoms with E-state index in [1.54, 1.807) is 6.20 Å². The molecule has 2 aliphatic rings. The van der Waals surface area contributed by atoms with Gasteiger partial charge in [-0.25, -0.2) is 0 Å². The second-order valence-corrected chi connectivity index (χ2v) is 6.62. The van der Waals surface area contributed by atoms with Gasteiger partial charge in [0.25, 0.3) is 5.91 Å². The van der Waals surface area contributed by atoms with Gasteiger partial charge in [0.05, 0.1) is 13.0 Å². The fraction of sp³-hybridized carbons (Fsp3) is 0.611. The van der Waals surface area contributed by atoms with E-state index in [9.17, 15) is 9.59 Å². The molecule has 1 saturated carbocycles. The Morgan fingerprint density at radius 2 is 1.92 bits per heavy atom. The summed E-state index contributed by atoms with van der Waals surface area (Å²) in [5.41, 5.74) is 0.781. The molecule has 6 heteroatoms. The zero-order valence-corrected chi connectivity index (χ0v) is 14.2. The van der Waals surface area contributed by atoms with Crippen LogP contribution in [-0.2, 0) is 20.7 Å². The van der Waals surface area contributed by atoms with E-state index in [1.165, 1.54) is 12.8 Å². The number of hydrogen-bond acceptors (Lipinski definition) is 4. The summed E-state index contributed by atoms with van der Waals surface area (Å²) in [6.07, 6.45) is 4.06. The highest BCUT2D eigenvalue weighted by Crippen LogP contribution is 2.29. The predicted molar refractivity (Wildman–Crippen MR) is 89.2 cm³/mol. The van der Waals surface area contributed by atoms with Crippen LogP contribution >= 0.6 is 0 Å². The van der Waals surface area contributed by atoms with Crippen molar-refractivity contribution >= 4 is 11.8 Å². The zero-order chi connectivity index (χ0) is 16.9. The van der Waals surface area contributed by atoms with Gasteiger partial charge < -0.3 is 14.5 Å². The molecule has 0 bridgehead atoms. The molecule has 2 fully saturated rings. The first kappa shape index (κ1) is 16.9. The summed E-state index contributed by atoms with van der Waals surface area (Å²) in [5.74, 6) is 0.757. The number of hydrogen-bond donors (Lipinski definition) is 0. The zero-order valence-electron chi connectivity index (χ0n) is 14.2. The van der Waals surface area contributed by atoms with Crippen LogP contribution in [0.4, 0.5) is 0 Å². The highest BCUT2D eigenvalue weighted by Gasteiger charge is 2.29. The number of ether oxygens (including phenoxy) is 1. The molecule has 3 rings (SSSR count). The number of nitrogens with zero attached hydrogens (tertiary/aromatic N) is 3. The Morgan fingerprint density at radius 1 is 1.21 bits per heavy atom. The average molecular weight is 331 g/mol. The normalized spacial score (nSPS) is 19.2. The van der Waals surface area contributed by atoms with Crippen molar-refractivity contribution in [3.05, 3.63) is 30.1 Å². The van der Waals surface area contributed by atoms with Crippen LogP contribution in [0.2, 0.25) is 0 Å². The van der Waals surface area contributed by atoms with Crippen molar-refractivity contribution in [3.8, 4) is 0 Å². The molecule has 0 spiro atoms. The minimum absolute atomic E-state index is 0.0347. The number of aromatic nitrogens is 1. The van der Waals surface area contributed by atoms with E-state index in [0.29, 0.717) is 45.1 Å². The highest BCUT2D eigenvalue weighted by molar-refractivity contribution is 5.81. The SMILES string of the molecule is C[C@@H](OCC1CC1)C(=O)N1CCN(C(=O)Cc2ccccn2)CC1. The number of pyridine rings is 1. The largest absolute Gasteiger partial charge is 0.368 e. The summed E-state index contributed by atoms with van der Waals surface area (Å²) in [6, 6.07) is 5.58. The van der Waals surface area contributed by atoms with Crippen molar-refractivity contribution in [1.29, 1.82) is 0 Å². The molecule has 0 N–H and O–H groups in total. The van der Waals surface area contributed by atoms with E-state index in [0.717, 1.165) is 5.69 Å². The molecule has 0 unspecified atom stereocenters. The van der Waals surface area contributed by atoms with Crippen molar-refractivity contribution in [3.63, 3.8) is 0 Å². The molecule has 130 valence electrons. The standard InChI is InChI=1S/C18H25N3O3/c1-14(24-13-15-5-6-15)18(23)21-10-8-20(9-11-21)17(22)12-16-4-2-3-7-19-16/h2-4,7,14-15H,5-6,8-13H2,1H3/t14-/m1/s1. The third kappa shape index (κ3) is 4.54. The number of carbonyl (C=O) groups is 2. The second kappa shape index (κ2) is 7.75. The van der Waals surface area contributed by atoms with Crippen molar-refractivity contribution in [2.75, 3.05) is 32.8 Å². The van der Waals surface area contributed by atoms with Crippen molar-refractivity contribution in [1.82, 2.24) is 14.8 Å². The van der Waals surface area contributed by atoms with Gasteiger partial charge in [0.15, 0.2) is 0 Å². The van der Waals surface area contributed by atoms with Gasteiger partial charge in [0, 0.05) is 38.1 Å². The Bertz CT molecular complexity index is 566. The van der Waals surface area contributed by atoms with Crippen LogP contribution in [-0.4, -0.2) is 65.5 Å². The maximum atomic E-state index is 12.4. The van der Waals surface area contributed by atoms with E-state index in [1.807, 2.05) is 34.9 Å². The molecule has 0 radical (unpaired) electrons. The molecule has 1 atom stereocenters. The van der Waals surface area contributed by atoms with E-state index < -0.39 is 0 Å². The van der Waals surface area contributed by atoms with Crippen LogP contribution in [0.3, 0.4) is 0 Å². The van der Waals surface area contributed by atoms with Gasteiger partial charge in [-0.3, -0.25) is 14.6 Å². The molecular weight excluding hydrogens is 306 g/mol. The molecule has 24 heavy (non-hydrogen) atoms. The van der Waals surface area contributed by atoms with Gasteiger partial charge in [-0.15, -0.1) is 0 Å². The predicted octanol–water partition coefficient (Wildman–Crippen LogP) is 1.11. The topological polar surface area (TPSA) is 62.7 Å². The maximum absolute atomic E-state index is 12.4.